The van der Waals surface area contributed by atoms with Crippen molar-refractivity contribution in [1.82, 2.24) is 19.9 Å². The van der Waals surface area contributed by atoms with E-state index in [2.05, 4.69) is 22.1 Å². The summed E-state index contributed by atoms with van der Waals surface area (Å²) < 4.78 is 11.4. The molecule has 2 saturated heterocycles. The van der Waals surface area contributed by atoms with Crippen molar-refractivity contribution in [3.8, 4) is 0 Å². The number of piperidine rings is 1. The van der Waals surface area contributed by atoms with E-state index in [1.165, 1.54) is 0 Å². The first-order valence-electron chi connectivity index (χ1n) is 9.06. The third-order valence-electron chi connectivity index (χ3n) is 5.32. The minimum Gasteiger partial charge on any atom is -0.362 e. The van der Waals surface area contributed by atoms with Crippen molar-refractivity contribution < 1.29 is 14.1 Å². The molecule has 4 rings (SSSR count). The molecule has 0 unspecified atom stereocenters. The summed E-state index contributed by atoms with van der Waals surface area (Å²) in [5.41, 5.74) is 0. The lowest BCUT2D eigenvalue weighted by molar-refractivity contribution is -0.152. The second-order valence-electron chi connectivity index (χ2n) is 7.52. The smallest absolute Gasteiger partial charge is 0.257 e. The molecule has 7 heteroatoms. The number of hydrogen-bond donors (Lipinski definition) is 0. The van der Waals surface area contributed by atoms with Crippen molar-refractivity contribution in [3.05, 3.63) is 11.7 Å². The van der Waals surface area contributed by atoms with Gasteiger partial charge in [0.05, 0.1) is 12.6 Å². The van der Waals surface area contributed by atoms with Gasteiger partial charge >= 0.3 is 0 Å². The van der Waals surface area contributed by atoms with Crippen molar-refractivity contribution in [2.75, 3.05) is 33.2 Å². The van der Waals surface area contributed by atoms with Crippen LogP contribution in [0.5, 0.6) is 0 Å². The maximum Gasteiger partial charge on any atom is 0.257 e. The molecule has 0 N–H and O–H groups in total. The summed E-state index contributed by atoms with van der Waals surface area (Å²) in [5, 5.41) is 4.07. The highest BCUT2D eigenvalue weighted by molar-refractivity contribution is 5.79. The van der Waals surface area contributed by atoms with Gasteiger partial charge in [-0.15, -0.1) is 0 Å². The number of rotatable bonds is 3. The number of carbonyl (C=O) groups is 1. The van der Waals surface area contributed by atoms with Gasteiger partial charge in [-0.3, -0.25) is 4.79 Å². The number of amides is 1. The molecule has 3 aliphatic rings. The van der Waals surface area contributed by atoms with E-state index in [1.54, 1.807) is 0 Å². The molecule has 1 saturated carbocycles. The van der Waals surface area contributed by atoms with Crippen molar-refractivity contribution in [1.29, 1.82) is 0 Å². The summed E-state index contributed by atoms with van der Waals surface area (Å²) in [5.74, 6) is 2.16. The number of ether oxygens (including phenoxy) is 1. The van der Waals surface area contributed by atoms with E-state index in [1.807, 2.05) is 11.8 Å². The van der Waals surface area contributed by atoms with Gasteiger partial charge < -0.3 is 19.1 Å². The molecule has 2 atom stereocenters. The van der Waals surface area contributed by atoms with Crippen LogP contribution in [0.15, 0.2) is 4.52 Å². The number of likely N-dealkylation sites (tertiary alicyclic amines) is 1. The molecule has 3 heterocycles. The van der Waals surface area contributed by atoms with E-state index in [0.717, 1.165) is 44.6 Å². The zero-order chi connectivity index (χ0) is 16.7. The van der Waals surface area contributed by atoms with Crippen LogP contribution in [0.4, 0.5) is 0 Å². The Morgan fingerprint density at radius 3 is 2.62 bits per heavy atom. The fourth-order valence-corrected chi connectivity index (χ4v) is 3.67. The molecular formula is C17H26N4O3. The first-order chi connectivity index (χ1) is 11.6. The van der Waals surface area contributed by atoms with Gasteiger partial charge in [-0.05, 0) is 52.7 Å². The predicted molar refractivity (Wildman–Crippen MR) is 86.4 cm³/mol. The van der Waals surface area contributed by atoms with Gasteiger partial charge in [0.2, 0.25) is 5.91 Å². The minimum atomic E-state index is -0.302. The Morgan fingerprint density at radius 1 is 1.17 bits per heavy atom. The fraction of sp³-hybridized carbons (Fsp3) is 0.824. The first kappa shape index (κ1) is 16.0. The van der Waals surface area contributed by atoms with Gasteiger partial charge in [-0.2, -0.15) is 4.98 Å². The van der Waals surface area contributed by atoms with E-state index < -0.39 is 0 Å². The maximum absolute atomic E-state index is 12.9. The monoisotopic (exact) mass is 334 g/mol. The quantitative estimate of drug-likeness (QED) is 0.836. The van der Waals surface area contributed by atoms with E-state index in [9.17, 15) is 4.79 Å². The maximum atomic E-state index is 12.9. The van der Waals surface area contributed by atoms with Gasteiger partial charge in [0.1, 0.15) is 0 Å². The normalized spacial score (nSPS) is 29.8. The largest absolute Gasteiger partial charge is 0.362 e. The van der Waals surface area contributed by atoms with Gasteiger partial charge in [0.15, 0.2) is 11.9 Å². The second kappa shape index (κ2) is 6.44. The summed E-state index contributed by atoms with van der Waals surface area (Å²) >= 11 is 0. The lowest BCUT2D eigenvalue weighted by Gasteiger charge is -2.38. The molecule has 1 aromatic heterocycles. The molecule has 1 amide bonds. The Bertz CT molecular complexity index is 592. The Balaban J connectivity index is 1.42. The first-order valence-corrected chi connectivity index (χ1v) is 9.06. The Morgan fingerprint density at radius 2 is 1.92 bits per heavy atom. The number of carbonyl (C=O) groups excluding carboxylic acids is 1. The molecular weight excluding hydrogens is 308 g/mol. The van der Waals surface area contributed by atoms with E-state index in [0.29, 0.717) is 24.9 Å². The third kappa shape index (κ3) is 3.32. The number of hydrogen-bond acceptors (Lipinski definition) is 6. The van der Waals surface area contributed by atoms with Crippen LogP contribution >= 0.6 is 0 Å². The Hall–Kier alpha value is -1.47. The van der Waals surface area contributed by atoms with Crippen LogP contribution < -0.4 is 0 Å². The SMILES string of the molecule is C[C@@H]1CN(C(=O)C2CCN(C)CC2)C[C@H](c2nc(C3CC3)no2)O1. The standard InChI is InChI=1S/C17H26N4O3/c1-11-9-21(17(22)13-5-7-20(2)8-6-13)10-14(23-11)16-18-15(19-24-16)12-3-4-12/h11-14H,3-10H2,1-2H3/t11-,14-/m1/s1. The number of morpholine rings is 1. The van der Waals surface area contributed by atoms with Crippen LogP contribution in [0.1, 0.15) is 56.3 Å². The molecule has 0 aromatic carbocycles. The summed E-state index contributed by atoms with van der Waals surface area (Å²) in [6.45, 7) is 5.15. The van der Waals surface area contributed by atoms with Crippen LogP contribution in [0.25, 0.3) is 0 Å². The molecule has 1 aromatic rings. The van der Waals surface area contributed by atoms with E-state index in [-0.39, 0.29) is 24.0 Å². The van der Waals surface area contributed by atoms with Crippen LogP contribution in [0.2, 0.25) is 0 Å². The van der Waals surface area contributed by atoms with E-state index in [4.69, 9.17) is 9.26 Å². The highest BCUT2D eigenvalue weighted by Crippen LogP contribution is 2.39. The minimum absolute atomic E-state index is 0.0183. The molecule has 24 heavy (non-hydrogen) atoms. The lowest BCUT2D eigenvalue weighted by Crippen LogP contribution is -2.49. The highest BCUT2D eigenvalue weighted by atomic mass is 16.5. The zero-order valence-electron chi connectivity index (χ0n) is 14.5. The van der Waals surface area contributed by atoms with Gasteiger partial charge in [0, 0.05) is 18.4 Å². The van der Waals surface area contributed by atoms with Gasteiger partial charge in [-0.25, -0.2) is 0 Å². The van der Waals surface area contributed by atoms with Gasteiger partial charge in [-0.1, -0.05) is 5.16 Å². The summed E-state index contributed by atoms with van der Waals surface area (Å²) in [4.78, 5) is 21.6. The molecule has 132 valence electrons. The fourth-order valence-electron chi connectivity index (χ4n) is 3.67. The van der Waals surface area contributed by atoms with Crippen LogP contribution in [0.3, 0.4) is 0 Å². The van der Waals surface area contributed by atoms with Crippen molar-refractivity contribution in [2.24, 2.45) is 5.92 Å². The molecule has 0 radical (unpaired) electrons. The highest BCUT2D eigenvalue weighted by Gasteiger charge is 2.37. The Kier molecular flexibility index (Phi) is 4.30. The number of aromatic nitrogens is 2. The third-order valence-corrected chi connectivity index (χ3v) is 5.32. The second-order valence-corrected chi connectivity index (χ2v) is 7.52. The van der Waals surface area contributed by atoms with Crippen LogP contribution in [0, 0.1) is 5.92 Å². The van der Waals surface area contributed by atoms with Crippen molar-refractivity contribution in [3.63, 3.8) is 0 Å². The summed E-state index contributed by atoms with van der Waals surface area (Å²) in [6.07, 6.45) is 3.85. The summed E-state index contributed by atoms with van der Waals surface area (Å²) in [6, 6.07) is 0. The lowest BCUT2D eigenvalue weighted by atomic mass is 9.95. The topological polar surface area (TPSA) is 71.7 Å². The average Bonchev–Trinajstić information content (AvgIpc) is 3.31. The number of nitrogens with zero attached hydrogens (tertiary/aromatic N) is 4. The molecule has 1 aliphatic carbocycles. The van der Waals surface area contributed by atoms with Crippen molar-refractivity contribution in [2.45, 2.75) is 50.7 Å². The average molecular weight is 334 g/mol. The van der Waals surface area contributed by atoms with Gasteiger partial charge in [0.25, 0.3) is 5.89 Å². The zero-order valence-corrected chi connectivity index (χ0v) is 14.5. The Labute approximate surface area is 142 Å². The molecule has 0 spiro atoms. The van der Waals surface area contributed by atoms with Crippen molar-refractivity contribution >= 4 is 5.91 Å². The van der Waals surface area contributed by atoms with E-state index >= 15 is 0 Å². The molecule has 3 fully saturated rings. The molecule has 2 aliphatic heterocycles. The molecule has 7 nitrogen and oxygen atoms in total. The van der Waals surface area contributed by atoms with Crippen LogP contribution in [-0.2, 0) is 9.53 Å². The summed E-state index contributed by atoms with van der Waals surface area (Å²) in [7, 11) is 2.11. The predicted octanol–water partition coefficient (Wildman–Crippen LogP) is 1.58. The van der Waals surface area contributed by atoms with Crippen LogP contribution in [-0.4, -0.2) is 65.2 Å². The molecule has 0 bridgehead atoms.